The van der Waals surface area contributed by atoms with E-state index in [0.29, 0.717) is 19.4 Å². The van der Waals surface area contributed by atoms with Crippen molar-refractivity contribution in [3.63, 3.8) is 0 Å². The van der Waals surface area contributed by atoms with E-state index in [9.17, 15) is 19.8 Å². The molecule has 6 nitrogen and oxygen atoms in total. The van der Waals surface area contributed by atoms with Crippen LogP contribution in [-0.2, 0) is 14.3 Å². The van der Waals surface area contributed by atoms with Crippen molar-refractivity contribution in [2.75, 3.05) is 13.2 Å². The van der Waals surface area contributed by atoms with E-state index in [1.54, 1.807) is 6.08 Å². The lowest BCUT2D eigenvalue weighted by atomic mass is 10.0. The number of carbonyl (C=O) groups excluding carboxylic acids is 2. The molecule has 0 aliphatic carbocycles. The van der Waals surface area contributed by atoms with Crippen molar-refractivity contribution >= 4 is 11.9 Å². The summed E-state index contributed by atoms with van der Waals surface area (Å²) in [5.74, 6) is -0.0774. The number of rotatable bonds is 56. The molecule has 0 fully saturated rings. The Morgan fingerprint density at radius 3 is 1.06 bits per heavy atom. The maximum Gasteiger partial charge on any atom is 0.305 e. The number of hydrogen-bond acceptors (Lipinski definition) is 5. The van der Waals surface area contributed by atoms with Crippen LogP contribution < -0.4 is 5.32 Å². The van der Waals surface area contributed by atoms with Gasteiger partial charge in [-0.1, -0.05) is 282 Å². The van der Waals surface area contributed by atoms with Crippen LogP contribution in [0, 0.1) is 0 Å². The van der Waals surface area contributed by atoms with Crippen LogP contribution >= 0.6 is 0 Å². The maximum absolute atomic E-state index is 12.5. The summed E-state index contributed by atoms with van der Waals surface area (Å²) in [6.07, 6.45) is 69.1. The summed E-state index contributed by atoms with van der Waals surface area (Å²) in [6.45, 7) is 4.90. The first kappa shape index (κ1) is 65.3. The Labute approximate surface area is 418 Å². The van der Waals surface area contributed by atoms with Crippen molar-refractivity contribution in [3.8, 4) is 0 Å². The number of ether oxygens (including phenoxy) is 1. The lowest BCUT2D eigenvalue weighted by Crippen LogP contribution is -2.45. The standard InChI is InChI=1S/C61H117NO5/c1-3-5-7-9-11-13-15-17-19-21-22-25-29-33-37-41-45-49-53-59(64)58(57-63)62-60(65)54-50-46-42-38-34-30-26-23-24-28-32-36-40-44-48-52-56-67-61(66)55-51-47-43-39-35-31-27-20-18-16-14-12-10-8-6-4-2/h20,27,49,53,58-59,63-64H,3-19,21-26,28-48,50-52,54-57H2,1-2H3,(H,62,65)/b27-20-,53-49+. The second-order valence-electron chi connectivity index (χ2n) is 20.7. The predicted octanol–water partition coefficient (Wildman–Crippen LogP) is 18.6. The average Bonchev–Trinajstić information content (AvgIpc) is 3.33. The van der Waals surface area contributed by atoms with E-state index in [4.69, 9.17) is 4.74 Å². The fraction of sp³-hybridized carbons (Fsp3) is 0.902. The summed E-state index contributed by atoms with van der Waals surface area (Å²) in [5, 5.41) is 23.2. The molecule has 2 unspecified atom stereocenters. The van der Waals surface area contributed by atoms with Gasteiger partial charge in [0.05, 0.1) is 25.4 Å². The molecule has 67 heavy (non-hydrogen) atoms. The van der Waals surface area contributed by atoms with E-state index in [1.165, 1.54) is 257 Å². The Hall–Kier alpha value is -1.66. The number of allylic oxidation sites excluding steroid dienone is 3. The quantitative estimate of drug-likeness (QED) is 0.0321. The first-order valence-corrected chi connectivity index (χ1v) is 30.1. The minimum absolute atomic E-state index is 0.00477. The Balaban J connectivity index is 3.45. The average molecular weight is 945 g/mol. The van der Waals surface area contributed by atoms with Gasteiger partial charge in [0.2, 0.25) is 5.91 Å². The third kappa shape index (κ3) is 53.5. The summed E-state index contributed by atoms with van der Waals surface area (Å²) in [7, 11) is 0. The highest BCUT2D eigenvalue weighted by molar-refractivity contribution is 5.76. The molecule has 0 bridgehead atoms. The van der Waals surface area contributed by atoms with E-state index in [-0.39, 0.29) is 18.5 Å². The van der Waals surface area contributed by atoms with E-state index in [2.05, 4.69) is 31.3 Å². The van der Waals surface area contributed by atoms with Crippen molar-refractivity contribution in [1.29, 1.82) is 0 Å². The molecule has 0 aromatic carbocycles. The van der Waals surface area contributed by atoms with Gasteiger partial charge in [0.25, 0.3) is 0 Å². The summed E-state index contributed by atoms with van der Waals surface area (Å²) >= 11 is 0. The molecule has 0 saturated heterocycles. The minimum atomic E-state index is -0.849. The minimum Gasteiger partial charge on any atom is -0.466 e. The van der Waals surface area contributed by atoms with E-state index in [0.717, 1.165) is 44.9 Å². The molecule has 0 aliphatic rings. The van der Waals surface area contributed by atoms with E-state index < -0.39 is 12.1 Å². The van der Waals surface area contributed by atoms with Crippen LogP contribution in [0.2, 0.25) is 0 Å². The van der Waals surface area contributed by atoms with Gasteiger partial charge in [-0.15, -0.1) is 0 Å². The number of amides is 1. The zero-order chi connectivity index (χ0) is 48.6. The molecular weight excluding hydrogens is 827 g/mol. The number of aliphatic hydroxyl groups excluding tert-OH is 2. The van der Waals surface area contributed by atoms with Crippen LogP contribution in [-0.4, -0.2) is 47.4 Å². The number of hydrogen-bond donors (Lipinski definition) is 3. The van der Waals surface area contributed by atoms with E-state index >= 15 is 0 Å². The largest absolute Gasteiger partial charge is 0.466 e. The van der Waals surface area contributed by atoms with E-state index in [1.807, 2.05) is 6.08 Å². The first-order valence-electron chi connectivity index (χ1n) is 30.1. The van der Waals surface area contributed by atoms with Gasteiger partial charge in [-0.3, -0.25) is 9.59 Å². The molecule has 0 aromatic heterocycles. The molecule has 0 spiro atoms. The molecule has 0 aliphatic heterocycles. The van der Waals surface area contributed by atoms with Gasteiger partial charge in [-0.05, 0) is 57.8 Å². The van der Waals surface area contributed by atoms with Crippen molar-refractivity contribution in [3.05, 3.63) is 24.3 Å². The maximum atomic E-state index is 12.5. The van der Waals surface area contributed by atoms with Gasteiger partial charge in [-0.25, -0.2) is 0 Å². The van der Waals surface area contributed by atoms with Gasteiger partial charge < -0.3 is 20.3 Å². The number of carbonyl (C=O) groups is 2. The van der Waals surface area contributed by atoms with Crippen molar-refractivity contribution in [1.82, 2.24) is 5.32 Å². The van der Waals surface area contributed by atoms with Crippen LogP contribution in [0.25, 0.3) is 0 Å². The molecule has 1 amide bonds. The SMILES string of the molecule is CCCCCCCCC/C=C\CCCCCCCC(=O)OCCCCCCCCCCCCCCCCCCC(=O)NC(CO)C(O)/C=C/CCCCCCCCCCCCCCCCCC. The second kappa shape index (κ2) is 56.9. The van der Waals surface area contributed by atoms with Gasteiger partial charge in [0.15, 0.2) is 0 Å². The van der Waals surface area contributed by atoms with Crippen LogP contribution in [0.15, 0.2) is 24.3 Å². The second-order valence-corrected chi connectivity index (χ2v) is 20.7. The van der Waals surface area contributed by atoms with Crippen LogP contribution in [0.3, 0.4) is 0 Å². The van der Waals surface area contributed by atoms with Gasteiger partial charge in [0.1, 0.15) is 0 Å². The molecule has 6 heteroatoms. The fourth-order valence-corrected chi connectivity index (χ4v) is 9.34. The monoisotopic (exact) mass is 944 g/mol. The zero-order valence-corrected chi connectivity index (χ0v) is 45.1. The third-order valence-corrected chi connectivity index (χ3v) is 14.0. The number of esters is 1. The lowest BCUT2D eigenvalue weighted by molar-refractivity contribution is -0.143. The third-order valence-electron chi connectivity index (χ3n) is 14.0. The summed E-state index contributed by atoms with van der Waals surface area (Å²) in [6, 6.07) is -0.633. The number of aliphatic hydroxyl groups is 2. The Kier molecular flexibility index (Phi) is 55.5. The summed E-state index contributed by atoms with van der Waals surface area (Å²) < 4.78 is 5.48. The molecular formula is C61H117NO5. The highest BCUT2D eigenvalue weighted by atomic mass is 16.5. The van der Waals surface area contributed by atoms with Gasteiger partial charge >= 0.3 is 5.97 Å². The molecule has 2 atom stereocenters. The van der Waals surface area contributed by atoms with Gasteiger partial charge in [-0.2, -0.15) is 0 Å². The normalized spacial score (nSPS) is 12.7. The van der Waals surface area contributed by atoms with Gasteiger partial charge in [0, 0.05) is 12.8 Å². The zero-order valence-electron chi connectivity index (χ0n) is 45.1. The van der Waals surface area contributed by atoms with Crippen LogP contribution in [0.4, 0.5) is 0 Å². The number of unbranched alkanes of at least 4 members (excludes halogenated alkanes) is 43. The number of nitrogens with one attached hydrogen (secondary N) is 1. The highest BCUT2D eigenvalue weighted by Crippen LogP contribution is 2.17. The topological polar surface area (TPSA) is 95.9 Å². The summed E-state index contributed by atoms with van der Waals surface area (Å²) in [4.78, 5) is 24.5. The van der Waals surface area contributed by atoms with Crippen LogP contribution in [0.5, 0.6) is 0 Å². The predicted molar refractivity (Wildman–Crippen MR) is 292 cm³/mol. The molecule has 396 valence electrons. The van der Waals surface area contributed by atoms with Crippen molar-refractivity contribution in [2.24, 2.45) is 0 Å². The molecule has 3 N–H and O–H groups in total. The molecule has 0 heterocycles. The molecule has 0 radical (unpaired) electrons. The fourth-order valence-electron chi connectivity index (χ4n) is 9.34. The Morgan fingerprint density at radius 1 is 0.403 bits per heavy atom. The first-order chi connectivity index (χ1) is 33.0. The molecule has 0 aromatic rings. The molecule has 0 rings (SSSR count). The lowest BCUT2D eigenvalue weighted by Gasteiger charge is -2.20. The molecule has 0 saturated carbocycles. The smallest absolute Gasteiger partial charge is 0.305 e. The highest BCUT2D eigenvalue weighted by Gasteiger charge is 2.18. The Bertz CT molecular complexity index is 1040. The Morgan fingerprint density at radius 2 is 0.701 bits per heavy atom. The van der Waals surface area contributed by atoms with Crippen molar-refractivity contribution in [2.45, 2.75) is 341 Å². The van der Waals surface area contributed by atoms with Crippen LogP contribution in [0.1, 0.15) is 328 Å². The van der Waals surface area contributed by atoms with Crippen molar-refractivity contribution < 1.29 is 24.5 Å². The summed E-state index contributed by atoms with van der Waals surface area (Å²) in [5.41, 5.74) is 0.